The summed E-state index contributed by atoms with van der Waals surface area (Å²) in [7, 11) is 2.06. The third-order valence-corrected chi connectivity index (χ3v) is 5.85. The van der Waals surface area contributed by atoms with Gasteiger partial charge in [0.1, 0.15) is 7.05 Å². The molecule has 0 atom stereocenters. The fraction of sp³-hybridized carbons (Fsp3) is 0.0769. The Hall–Kier alpha value is -3.72. The summed E-state index contributed by atoms with van der Waals surface area (Å²) in [6.45, 7) is 2.13. The molecule has 3 heteroatoms. The molecule has 0 spiro atoms. The number of aromatic nitrogens is 2. The molecule has 0 saturated carbocycles. The van der Waals surface area contributed by atoms with Crippen molar-refractivity contribution in [2.75, 3.05) is 0 Å². The van der Waals surface area contributed by atoms with E-state index in [4.69, 9.17) is 9.40 Å². The molecule has 0 saturated heterocycles. The van der Waals surface area contributed by atoms with Crippen molar-refractivity contribution in [1.82, 2.24) is 4.98 Å². The summed E-state index contributed by atoms with van der Waals surface area (Å²) in [5.74, 6) is 0. The maximum absolute atomic E-state index is 6.37. The van der Waals surface area contributed by atoms with E-state index < -0.39 is 0 Å². The van der Waals surface area contributed by atoms with Gasteiger partial charge in [-0.25, -0.2) is 9.55 Å². The summed E-state index contributed by atoms with van der Waals surface area (Å²) in [5.41, 5.74) is 5.98. The zero-order valence-electron chi connectivity index (χ0n) is 16.3. The maximum atomic E-state index is 6.37. The molecule has 0 unspecified atom stereocenters. The van der Waals surface area contributed by atoms with E-state index in [1.807, 2.05) is 6.07 Å². The normalized spacial score (nSPS) is 11.8. The molecule has 0 aliphatic rings. The minimum Gasteiger partial charge on any atom is -0.437 e. The Morgan fingerprint density at radius 1 is 0.793 bits per heavy atom. The van der Waals surface area contributed by atoms with Crippen LogP contribution >= 0.6 is 0 Å². The van der Waals surface area contributed by atoms with Gasteiger partial charge in [-0.05, 0) is 41.5 Å². The number of benzene rings is 3. The van der Waals surface area contributed by atoms with Gasteiger partial charge in [0.15, 0.2) is 11.8 Å². The summed E-state index contributed by atoms with van der Waals surface area (Å²) in [4.78, 5) is 4.88. The average molecular weight is 375 g/mol. The number of nitrogens with zero attached hydrogens (tertiary/aromatic N) is 2. The predicted molar refractivity (Wildman–Crippen MR) is 118 cm³/mol. The molecule has 0 fully saturated rings. The average Bonchev–Trinajstić information content (AvgIpc) is 3.10. The Morgan fingerprint density at radius 2 is 1.66 bits per heavy atom. The van der Waals surface area contributed by atoms with E-state index in [-0.39, 0.29) is 0 Å². The second-order valence-corrected chi connectivity index (χ2v) is 7.63. The van der Waals surface area contributed by atoms with Crippen LogP contribution in [-0.4, -0.2) is 4.98 Å². The van der Waals surface area contributed by atoms with Crippen molar-refractivity contribution < 1.29 is 8.98 Å². The van der Waals surface area contributed by atoms with E-state index in [1.54, 1.807) is 0 Å². The molecule has 0 amide bonds. The number of fused-ring (bicyclic) bond motifs is 6. The Bertz CT molecular complexity index is 1580. The molecule has 0 aliphatic carbocycles. The molecule has 0 aliphatic heterocycles. The maximum Gasteiger partial charge on any atom is 0.227 e. The van der Waals surface area contributed by atoms with Crippen LogP contribution in [0.4, 0.5) is 0 Å². The molecule has 6 aromatic rings. The van der Waals surface area contributed by atoms with Crippen LogP contribution in [0.25, 0.3) is 55.0 Å². The quantitative estimate of drug-likeness (QED) is 0.257. The van der Waals surface area contributed by atoms with Crippen molar-refractivity contribution in [1.29, 1.82) is 0 Å². The lowest BCUT2D eigenvalue weighted by molar-refractivity contribution is -0.660. The molecular weight excluding hydrogens is 356 g/mol. The van der Waals surface area contributed by atoms with Gasteiger partial charge < -0.3 is 4.42 Å². The van der Waals surface area contributed by atoms with Crippen LogP contribution in [0, 0.1) is 6.92 Å². The Morgan fingerprint density at radius 3 is 2.55 bits per heavy atom. The predicted octanol–water partition coefficient (Wildman–Crippen LogP) is 6.09. The van der Waals surface area contributed by atoms with Crippen LogP contribution < -0.4 is 4.57 Å². The number of aryl methyl sites for hydroxylation is 2. The van der Waals surface area contributed by atoms with E-state index in [0.717, 1.165) is 38.5 Å². The first-order chi connectivity index (χ1) is 14.2. The number of furan rings is 1. The largest absolute Gasteiger partial charge is 0.437 e. The number of rotatable bonds is 1. The Balaban J connectivity index is 1.76. The van der Waals surface area contributed by atoms with Gasteiger partial charge in [-0.3, -0.25) is 0 Å². The highest BCUT2D eigenvalue weighted by Gasteiger charge is 2.21. The Kier molecular flexibility index (Phi) is 3.30. The molecule has 0 bridgehead atoms. The monoisotopic (exact) mass is 375 g/mol. The topological polar surface area (TPSA) is 29.9 Å². The first kappa shape index (κ1) is 16.3. The van der Waals surface area contributed by atoms with Crippen molar-refractivity contribution in [2.24, 2.45) is 7.05 Å². The molecule has 6 rings (SSSR count). The zero-order valence-corrected chi connectivity index (χ0v) is 16.3. The fourth-order valence-electron chi connectivity index (χ4n) is 4.38. The molecule has 3 aromatic heterocycles. The lowest BCUT2D eigenvalue weighted by Crippen LogP contribution is -2.30. The van der Waals surface area contributed by atoms with Crippen molar-refractivity contribution in [3.8, 4) is 11.3 Å². The van der Waals surface area contributed by atoms with Crippen LogP contribution in [0.15, 0.2) is 83.4 Å². The molecule has 3 heterocycles. The van der Waals surface area contributed by atoms with Crippen molar-refractivity contribution in [3.05, 3.63) is 84.6 Å². The highest BCUT2D eigenvalue weighted by Crippen LogP contribution is 2.38. The van der Waals surface area contributed by atoms with Gasteiger partial charge in [0.25, 0.3) is 0 Å². The van der Waals surface area contributed by atoms with E-state index in [1.165, 1.54) is 16.3 Å². The van der Waals surface area contributed by atoms with Crippen molar-refractivity contribution >= 4 is 43.7 Å². The summed E-state index contributed by atoms with van der Waals surface area (Å²) < 4.78 is 8.50. The highest BCUT2D eigenvalue weighted by molar-refractivity contribution is 6.15. The van der Waals surface area contributed by atoms with Crippen LogP contribution in [0.3, 0.4) is 0 Å². The van der Waals surface area contributed by atoms with E-state index in [2.05, 4.69) is 91.5 Å². The van der Waals surface area contributed by atoms with Gasteiger partial charge in [0, 0.05) is 28.3 Å². The second-order valence-electron chi connectivity index (χ2n) is 7.63. The van der Waals surface area contributed by atoms with Gasteiger partial charge >= 0.3 is 0 Å². The number of hydrogen-bond acceptors (Lipinski definition) is 2. The van der Waals surface area contributed by atoms with Crippen LogP contribution in [0.5, 0.6) is 0 Å². The SMILES string of the molecule is Cc1ccc2c(oc3nc4ccc5ccccc5c4cc32)c1-c1cccc[n+]1C. The third kappa shape index (κ3) is 2.31. The van der Waals surface area contributed by atoms with Gasteiger partial charge in [-0.15, -0.1) is 0 Å². The molecule has 138 valence electrons. The van der Waals surface area contributed by atoms with Crippen LogP contribution in [0.2, 0.25) is 0 Å². The van der Waals surface area contributed by atoms with E-state index >= 15 is 0 Å². The number of hydrogen-bond donors (Lipinski definition) is 0. The molecule has 29 heavy (non-hydrogen) atoms. The van der Waals surface area contributed by atoms with Crippen LogP contribution in [0.1, 0.15) is 5.56 Å². The van der Waals surface area contributed by atoms with Gasteiger partial charge in [-0.1, -0.05) is 42.5 Å². The van der Waals surface area contributed by atoms with Crippen LogP contribution in [-0.2, 0) is 7.05 Å². The van der Waals surface area contributed by atoms with E-state index in [0.29, 0.717) is 5.71 Å². The zero-order chi connectivity index (χ0) is 19.5. The number of pyridine rings is 2. The smallest absolute Gasteiger partial charge is 0.227 e. The second kappa shape index (κ2) is 5.89. The summed E-state index contributed by atoms with van der Waals surface area (Å²) >= 11 is 0. The van der Waals surface area contributed by atoms with Gasteiger partial charge in [-0.2, -0.15) is 0 Å². The minimum atomic E-state index is 0.688. The minimum absolute atomic E-state index is 0.688. The first-order valence-electron chi connectivity index (χ1n) is 9.80. The molecular formula is C26H19N2O+. The van der Waals surface area contributed by atoms with Crippen molar-refractivity contribution in [3.63, 3.8) is 0 Å². The molecule has 3 nitrogen and oxygen atoms in total. The van der Waals surface area contributed by atoms with Gasteiger partial charge in [0.05, 0.1) is 11.1 Å². The highest BCUT2D eigenvalue weighted by atomic mass is 16.3. The molecule has 0 radical (unpaired) electrons. The van der Waals surface area contributed by atoms with E-state index in [9.17, 15) is 0 Å². The van der Waals surface area contributed by atoms with Crippen molar-refractivity contribution in [2.45, 2.75) is 6.92 Å². The molecule has 3 aromatic carbocycles. The summed E-state index contributed by atoms with van der Waals surface area (Å²) in [6.07, 6.45) is 2.06. The lowest BCUT2D eigenvalue weighted by Gasteiger charge is -2.05. The third-order valence-electron chi connectivity index (χ3n) is 5.85. The molecule has 0 N–H and O–H groups in total. The first-order valence-corrected chi connectivity index (χ1v) is 9.80. The van der Waals surface area contributed by atoms with Gasteiger partial charge in [0.2, 0.25) is 11.4 Å². The summed E-state index contributed by atoms with van der Waals surface area (Å²) in [5, 5.41) is 5.76. The summed E-state index contributed by atoms with van der Waals surface area (Å²) in [6, 6.07) is 25.4. The standard InChI is InChI=1S/C26H19N2O/c1-16-10-12-19-21-15-20-18-8-4-3-7-17(18)11-13-22(20)27-26(21)29-25(19)24(16)23-9-5-6-14-28(23)2/h3-15H,1-2H3/q+1. The Labute approximate surface area is 167 Å². The fourth-order valence-corrected chi connectivity index (χ4v) is 4.38. The lowest BCUT2D eigenvalue weighted by atomic mass is 10.00.